The highest BCUT2D eigenvalue weighted by Gasteiger charge is 2.13. The Hall–Kier alpha value is -0.830. The molecule has 1 aliphatic heterocycles. The van der Waals surface area contributed by atoms with Crippen molar-refractivity contribution in [3.8, 4) is 0 Å². The van der Waals surface area contributed by atoms with Crippen LogP contribution in [0.2, 0.25) is 0 Å². The van der Waals surface area contributed by atoms with Gasteiger partial charge in [0.15, 0.2) is 0 Å². The van der Waals surface area contributed by atoms with Crippen LogP contribution in [0.3, 0.4) is 0 Å². The second-order valence-electron chi connectivity index (χ2n) is 3.43. The van der Waals surface area contributed by atoms with E-state index in [1.165, 1.54) is 11.4 Å². The minimum absolute atomic E-state index is 0. The molecule has 0 aromatic carbocycles. The maximum atomic E-state index is 4.43. The van der Waals surface area contributed by atoms with Gasteiger partial charge in [0, 0.05) is 13.9 Å². The molecule has 2 nitrogen and oxygen atoms in total. The van der Waals surface area contributed by atoms with Gasteiger partial charge in [0.1, 0.15) is 0 Å². The third-order valence-corrected chi connectivity index (χ3v) is 3.02. The number of rotatable bonds is 3. The van der Waals surface area contributed by atoms with E-state index in [-0.39, 0.29) is 1.43 Å². The van der Waals surface area contributed by atoms with Crippen LogP contribution in [-0.2, 0) is 6.42 Å². The second-order valence-corrected chi connectivity index (χ2v) is 4.21. The lowest BCUT2D eigenvalue weighted by Gasteiger charge is -2.10. The van der Waals surface area contributed by atoms with Crippen LogP contribution in [0, 0.1) is 5.92 Å². The summed E-state index contributed by atoms with van der Waals surface area (Å²) in [5, 5.41) is 7.67. The van der Waals surface area contributed by atoms with Gasteiger partial charge in [-0.3, -0.25) is 4.99 Å². The standard InChI is InChI=1S/C10H14N2S.H2/c1-8(10-11-3-4-12-10)6-9-2-5-13-7-9;/h2,5,7-8H,3-4,6H2,1H3,(H,11,12);1H/t8-;/m0./s1. The van der Waals surface area contributed by atoms with Crippen LogP contribution in [0.1, 0.15) is 13.9 Å². The molecule has 2 rings (SSSR count). The summed E-state index contributed by atoms with van der Waals surface area (Å²) in [6.07, 6.45) is 1.11. The van der Waals surface area contributed by atoms with E-state index >= 15 is 0 Å². The Balaban J connectivity index is 0.000000980. The second kappa shape index (κ2) is 3.92. The average Bonchev–Trinajstić information content (AvgIpc) is 2.74. The summed E-state index contributed by atoms with van der Waals surface area (Å²) in [5.74, 6) is 1.73. The molecule has 0 radical (unpaired) electrons. The third-order valence-electron chi connectivity index (χ3n) is 2.29. The van der Waals surface area contributed by atoms with Crippen LogP contribution in [0.4, 0.5) is 0 Å². The van der Waals surface area contributed by atoms with E-state index in [0.717, 1.165) is 19.5 Å². The number of nitrogens with one attached hydrogen (secondary N) is 1. The maximum absolute atomic E-state index is 4.43. The van der Waals surface area contributed by atoms with Gasteiger partial charge >= 0.3 is 0 Å². The zero-order valence-corrected chi connectivity index (χ0v) is 8.60. The number of nitrogens with zero attached hydrogens (tertiary/aromatic N) is 1. The first kappa shape index (κ1) is 8.75. The summed E-state index contributed by atoms with van der Waals surface area (Å²) in [5.41, 5.74) is 1.42. The Labute approximate surface area is 84.2 Å². The van der Waals surface area contributed by atoms with Crippen LogP contribution in [0.15, 0.2) is 21.8 Å². The molecule has 0 unspecified atom stereocenters. The topological polar surface area (TPSA) is 24.4 Å². The van der Waals surface area contributed by atoms with Crippen LogP contribution in [-0.4, -0.2) is 18.9 Å². The number of amidine groups is 1. The fourth-order valence-electron chi connectivity index (χ4n) is 1.61. The van der Waals surface area contributed by atoms with E-state index in [1.807, 2.05) is 0 Å². The van der Waals surface area contributed by atoms with Crippen molar-refractivity contribution in [2.24, 2.45) is 10.9 Å². The number of hydrogen-bond acceptors (Lipinski definition) is 3. The largest absolute Gasteiger partial charge is 0.372 e. The zero-order valence-electron chi connectivity index (χ0n) is 7.79. The molecule has 13 heavy (non-hydrogen) atoms. The molecular formula is C10H16N2S. The van der Waals surface area contributed by atoms with E-state index in [9.17, 15) is 0 Å². The molecule has 1 aromatic heterocycles. The summed E-state index contributed by atoms with van der Waals surface area (Å²) in [4.78, 5) is 4.43. The fraction of sp³-hybridized carbons (Fsp3) is 0.500. The summed E-state index contributed by atoms with van der Waals surface area (Å²) >= 11 is 1.76. The molecule has 0 saturated carbocycles. The monoisotopic (exact) mass is 196 g/mol. The molecule has 0 fully saturated rings. The van der Waals surface area contributed by atoms with Gasteiger partial charge in [-0.2, -0.15) is 11.3 Å². The van der Waals surface area contributed by atoms with Crippen molar-refractivity contribution in [2.75, 3.05) is 13.1 Å². The van der Waals surface area contributed by atoms with Gasteiger partial charge in [-0.1, -0.05) is 6.92 Å². The highest BCUT2D eigenvalue weighted by atomic mass is 32.1. The Kier molecular flexibility index (Phi) is 2.64. The van der Waals surface area contributed by atoms with E-state index in [4.69, 9.17) is 0 Å². The van der Waals surface area contributed by atoms with Gasteiger partial charge in [0.05, 0.1) is 12.4 Å². The zero-order chi connectivity index (χ0) is 9.10. The molecule has 0 spiro atoms. The van der Waals surface area contributed by atoms with Crippen molar-refractivity contribution in [3.05, 3.63) is 22.4 Å². The number of hydrogen-bond donors (Lipinski definition) is 1. The van der Waals surface area contributed by atoms with Gasteiger partial charge in [-0.25, -0.2) is 0 Å². The molecule has 1 atom stereocenters. The molecule has 0 saturated heterocycles. The third kappa shape index (κ3) is 2.10. The molecule has 0 bridgehead atoms. The SMILES string of the molecule is C[C@@H](Cc1ccsc1)C1=NCCN1.[HH]. The van der Waals surface area contributed by atoms with Crippen LogP contribution in [0.25, 0.3) is 0 Å². The Morgan fingerprint density at radius 1 is 1.77 bits per heavy atom. The fourth-order valence-corrected chi connectivity index (χ4v) is 2.29. The molecule has 1 aromatic rings. The summed E-state index contributed by atoms with van der Waals surface area (Å²) in [6, 6.07) is 2.19. The van der Waals surface area contributed by atoms with Crippen LogP contribution < -0.4 is 5.32 Å². The summed E-state index contributed by atoms with van der Waals surface area (Å²) < 4.78 is 0. The number of thiophene rings is 1. The lowest BCUT2D eigenvalue weighted by atomic mass is 10.0. The molecule has 72 valence electrons. The quantitative estimate of drug-likeness (QED) is 0.787. The van der Waals surface area contributed by atoms with Crippen molar-refractivity contribution < 1.29 is 1.43 Å². The number of aliphatic imine (C=N–C) groups is 1. The predicted molar refractivity (Wildman–Crippen MR) is 59.6 cm³/mol. The van der Waals surface area contributed by atoms with E-state index in [0.29, 0.717) is 5.92 Å². The van der Waals surface area contributed by atoms with Gasteiger partial charge < -0.3 is 5.32 Å². The molecule has 0 aliphatic carbocycles. The molecule has 0 amide bonds. The summed E-state index contributed by atoms with van der Waals surface area (Å²) in [7, 11) is 0. The molecule has 1 aliphatic rings. The van der Waals surface area contributed by atoms with Crippen molar-refractivity contribution >= 4 is 17.2 Å². The lowest BCUT2D eigenvalue weighted by molar-refractivity contribution is 0.745. The van der Waals surface area contributed by atoms with E-state index in [2.05, 4.69) is 34.1 Å². The van der Waals surface area contributed by atoms with E-state index < -0.39 is 0 Å². The van der Waals surface area contributed by atoms with Crippen molar-refractivity contribution in [1.29, 1.82) is 0 Å². The predicted octanol–water partition coefficient (Wildman–Crippen LogP) is 2.17. The lowest BCUT2D eigenvalue weighted by Crippen LogP contribution is -2.26. The van der Waals surface area contributed by atoms with Crippen LogP contribution in [0.5, 0.6) is 0 Å². The van der Waals surface area contributed by atoms with Gasteiger partial charge in [-0.05, 0) is 28.8 Å². The molecular weight excluding hydrogens is 180 g/mol. The first-order valence-electron chi connectivity index (χ1n) is 4.65. The van der Waals surface area contributed by atoms with Crippen molar-refractivity contribution in [3.63, 3.8) is 0 Å². The van der Waals surface area contributed by atoms with Crippen molar-refractivity contribution in [1.82, 2.24) is 5.32 Å². The minimum atomic E-state index is 0. The first-order valence-corrected chi connectivity index (χ1v) is 5.60. The molecule has 2 heterocycles. The Bertz CT molecular complexity index is 295. The maximum Gasteiger partial charge on any atom is 0.0996 e. The highest BCUT2D eigenvalue weighted by molar-refractivity contribution is 7.07. The van der Waals surface area contributed by atoms with Crippen molar-refractivity contribution in [2.45, 2.75) is 13.3 Å². The smallest absolute Gasteiger partial charge is 0.0996 e. The molecule has 3 heteroatoms. The van der Waals surface area contributed by atoms with Gasteiger partial charge in [0.2, 0.25) is 0 Å². The Morgan fingerprint density at radius 2 is 2.69 bits per heavy atom. The van der Waals surface area contributed by atoms with Crippen LogP contribution >= 0.6 is 11.3 Å². The minimum Gasteiger partial charge on any atom is -0.372 e. The highest BCUT2D eigenvalue weighted by Crippen LogP contribution is 2.13. The van der Waals surface area contributed by atoms with E-state index in [1.54, 1.807) is 11.3 Å². The summed E-state index contributed by atoms with van der Waals surface area (Å²) in [6.45, 7) is 4.20. The average molecular weight is 196 g/mol. The van der Waals surface area contributed by atoms with Gasteiger partial charge in [-0.15, -0.1) is 0 Å². The Morgan fingerprint density at radius 3 is 3.31 bits per heavy atom. The molecule has 1 N–H and O–H groups in total. The first-order chi connectivity index (χ1) is 6.36. The normalized spacial score (nSPS) is 18.1. The van der Waals surface area contributed by atoms with Gasteiger partial charge in [0.25, 0.3) is 0 Å².